The molecular formula is C11H15N. The maximum atomic E-state index is 2.48. The number of nitrogens with zero attached hydrogens (tertiary/aromatic N) is 1. The third-order valence-corrected chi connectivity index (χ3v) is 2.48. The van der Waals surface area contributed by atoms with E-state index in [2.05, 4.69) is 36.1 Å². The normalized spacial score (nSPS) is 17.4. The fourth-order valence-corrected chi connectivity index (χ4v) is 1.49. The maximum Gasteiger partial charge on any atom is 0.0233 e. The second-order valence-corrected chi connectivity index (χ2v) is 3.62. The number of hydrogen-bond acceptors (Lipinski definition) is 1. The van der Waals surface area contributed by atoms with Crippen LogP contribution in [0.2, 0.25) is 0 Å². The van der Waals surface area contributed by atoms with Gasteiger partial charge in [0.15, 0.2) is 0 Å². The van der Waals surface area contributed by atoms with E-state index in [0.717, 1.165) is 6.54 Å². The van der Waals surface area contributed by atoms with Gasteiger partial charge >= 0.3 is 0 Å². The summed E-state index contributed by atoms with van der Waals surface area (Å²) in [5, 5.41) is 0. The molecular weight excluding hydrogens is 146 g/mol. The van der Waals surface area contributed by atoms with Gasteiger partial charge in [-0.3, -0.25) is 4.90 Å². The largest absolute Gasteiger partial charge is 0.299 e. The summed E-state index contributed by atoms with van der Waals surface area (Å²) in [6.07, 6.45) is 1.38. The molecule has 1 aromatic carbocycles. The van der Waals surface area contributed by atoms with Gasteiger partial charge in [-0.1, -0.05) is 29.8 Å². The molecule has 1 nitrogen and oxygen atoms in total. The average molecular weight is 161 g/mol. The Morgan fingerprint density at radius 2 is 1.83 bits per heavy atom. The van der Waals surface area contributed by atoms with Gasteiger partial charge in [-0.25, -0.2) is 0 Å². The standard InChI is InChI=1S/C11H15N/c1-10-3-5-11(6-4-10)9-12-7-2-8-12/h3-6H,2,7-9H2,1H3. The lowest BCUT2D eigenvalue weighted by molar-refractivity contribution is 0.172. The van der Waals surface area contributed by atoms with Crippen LogP contribution in [0.3, 0.4) is 0 Å². The van der Waals surface area contributed by atoms with E-state index < -0.39 is 0 Å². The van der Waals surface area contributed by atoms with Crippen LogP contribution in [0.5, 0.6) is 0 Å². The van der Waals surface area contributed by atoms with Crippen LogP contribution in [0.15, 0.2) is 24.3 Å². The molecule has 1 heteroatoms. The van der Waals surface area contributed by atoms with Gasteiger partial charge < -0.3 is 0 Å². The van der Waals surface area contributed by atoms with E-state index in [9.17, 15) is 0 Å². The molecule has 1 fully saturated rings. The lowest BCUT2D eigenvalue weighted by atomic mass is 10.1. The Kier molecular flexibility index (Phi) is 2.13. The molecule has 64 valence electrons. The molecule has 2 rings (SSSR count). The summed E-state index contributed by atoms with van der Waals surface area (Å²) in [4.78, 5) is 2.48. The number of benzene rings is 1. The quantitative estimate of drug-likeness (QED) is 0.642. The van der Waals surface area contributed by atoms with Crippen LogP contribution < -0.4 is 0 Å². The molecule has 0 bridgehead atoms. The monoisotopic (exact) mass is 161 g/mol. The Bertz CT molecular complexity index is 246. The second kappa shape index (κ2) is 3.28. The summed E-state index contributed by atoms with van der Waals surface area (Å²) in [5.74, 6) is 0. The van der Waals surface area contributed by atoms with E-state index in [1.807, 2.05) is 0 Å². The smallest absolute Gasteiger partial charge is 0.0233 e. The van der Waals surface area contributed by atoms with E-state index in [-0.39, 0.29) is 0 Å². The Morgan fingerprint density at radius 3 is 2.33 bits per heavy atom. The highest BCUT2D eigenvalue weighted by Gasteiger charge is 2.12. The number of likely N-dealkylation sites (tertiary alicyclic amines) is 1. The van der Waals surface area contributed by atoms with Crippen molar-refractivity contribution in [3.8, 4) is 0 Å². The highest BCUT2D eigenvalue weighted by atomic mass is 15.2. The molecule has 0 atom stereocenters. The van der Waals surface area contributed by atoms with Crippen LogP contribution in [-0.4, -0.2) is 18.0 Å². The topological polar surface area (TPSA) is 3.24 Å². The molecule has 0 aliphatic carbocycles. The first-order valence-electron chi connectivity index (χ1n) is 4.62. The highest BCUT2D eigenvalue weighted by molar-refractivity contribution is 5.21. The summed E-state index contributed by atoms with van der Waals surface area (Å²) < 4.78 is 0. The lowest BCUT2D eigenvalue weighted by Crippen LogP contribution is -2.36. The summed E-state index contributed by atoms with van der Waals surface area (Å²) in [5.41, 5.74) is 2.79. The summed E-state index contributed by atoms with van der Waals surface area (Å²) in [7, 11) is 0. The zero-order chi connectivity index (χ0) is 8.39. The van der Waals surface area contributed by atoms with Gasteiger partial charge in [0, 0.05) is 6.54 Å². The van der Waals surface area contributed by atoms with Gasteiger partial charge in [-0.05, 0) is 32.0 Å². The van der Waals surface area contributed by atoms with Gasteiger partial charge in [0.05, 0.1) is 0 Å². The first-order valence-corrected chi connectivity index (χ1v) is 4.62. The first kappa shape index (κ1) is 7.81. The molecule has 1 aliphatic rings. The van der Waals surface area contributed by atoms with Gasteiger partial charge in [0.2, 0.25) is 0 Å². The van der Waals surface area contributed by atoms with Crippen LogP contribution in [0.25, 0.3) is 0 Å². The third-order valence-electron chi connectivity index (χ3n) is 2.48. The van der Waals surface area contributed by atoms with Crippen LogP contribution in [0.4, 0.5) is 0 Å². The minimum atomic E-state index is 1.14. The Hall–Kier alpha value is -0.820. The Balaban J connectivity index is 1.98. The second-order valence-electron chi connectivity index (χ2n) is 3.62. The number of hydrogen-bond donors (Lipinski definition) is 0. The maximum absolute atomic E-state index is 2.48. The predicted molar refractivity (Wildman–Crippen MR) is 51.1 cm³/mol. The molecule has 1 aromatic rings. The zero-order valence-corrected chi connectivity index (χ0v) is 7.59. The van der Waals surface area contributed by atoms with Crippen molar-refractivity contribution in [2.75, 3.05) is 13.1 Å². The van der Waals surface area contributed by atoms with Crippen molar-refractivity contribution < 1.29 is 0 Å². The summed E-state index contributed by atoms with van der Waals surface area (Å²) >= 11 is 0. The summed E-state index contributed by atoms with van der Waals surface area (Å²) in [6.45, 7) is 5.84. The fourth-order valence-electron chi connectivity index (χ4n) is 1.49. The van der Waals surface area contributed by atoms with E-state index in [4.69, 9.17) is 0 Å². The van der Waals surface area contributed by atoms with E-state index in [0.29, 0.717) is 0 Å². The summed E-state index contributed by atoms with van der Waals surface area (Å²) in [6, 6.07) is 8.84. The predicted octanol–water partition coefficient (Wildman–Crippen LogP) is 2.20. The Labute approximate surface area is 74.0 Å². The molecule has 1 aliphatic heterocycles. The molecule has 0 saturated carbocycles. The van der Waals surface area contributed by atoms with Crippen molar-refractivity contribution >= 4 is 0 Å². The Morgan fingerprint density at radius 1 is 1.17 bits per heavy atom. The van der Waals surface area contributed by atoms with Crippen LogP contribution in [0.1, 0.15) is 17.5 Å². The molecule has 12 heavy (non-hydrogen) atoms. The van der Waals surface area contributed by atoms with Gasteiger partial charge in [-0.15, -0.1) is 0 Å². The van der Waals surface area contributed by atoms with Gasteiger partial charge in [-0.2, -0.15) is 0 Å². The molecule has 0 spiro atoms. The lowest BCUT2D eigenvalue weighted by Gasteiger charge is -2.30. The molecule has 0 N–H and O–H groups in total. The van der Waals surface area contributed by atoms with Crippen molar-refractivity contribution in [2.45, 2.75) is 19.9 Å². The molecule has 0 radical (unpaired) electrons. The van der Waals surface area contributed by atoms with E-state index in [1.165, 1.54) is 30.6 Å². The number of aryl methyl sites for hydroxylation is 1. The zero-order valence-electron chi connectivity index (χ0n) is 7.59. The average Bonchev–Trinajstić information content (AvgIpc) is 2.00. The fraction of sp³-hybridized carbons (Fsp3) is 0.455. The molecule has 1 heterocycles. The van der Waals surface area contributed by atoms with E-state index >= 15 is 0 Å². The van der Waals surface area contributed by atoms with Crippen molar-refractivity contribution in [3.63, 3.8) is 0 Å². The SMILES string of the molecule is Cc1ccc(CN2CCC2)cc1. The minimum absolute atomic E-state index is 1.14. The van der Waals surface area contributed by atoms with Crippen molar-refractivity contribution in [3.05, 3.63) is 35.4 Å². The van der Waals surface area contributed by atoms with Crippen LogP contribution in [0, 0.1) is 6.92 Å². The van der Waals surface area contributed by atoms with Gasteiger partial charge in [0.1, 0.15) is 0 Å². The first-order chi connectivity index (χ1) is 5.84. The van der Waals surface area contributed by atoms with Crippen LogP contribution in [-0.2, 0) is 6.54 Å². The molecule has 0 aromatic heterocycles. The van der Waals surface area contributed by atoms with Crippen molar-refractivity contribution in [1.29, 1.82) is 0 Å². The molecule has 0 unspecified atom stereocenters. The van der Waals surface area contributed by atoms with Crippen molar-refractivity contribution in [1.82, 2.24) is 4.90 Å². The van der Waals surface area contributed by atoms with Crippen LogP contribution >= 0.6 is 0 Å². The third kappa shape index (κ3) is 1.67. The minimum Gasteiger partial charge on any atom is -0.299 e. The van der Waals surface area contributed by atoms with Crippen molar-refractivity contribution in [2.24, 2.45) is 0 Å². The highest BCUT2D eigenvalue weighted by Crippen LogP contribution is 2.12. The van der Waals surface area contributed by atoms with E-state index in [1.54, 1.807) is 0 Å². The van der Waals surface area contributed by atoms with Gasteiger partial charge in [0.25, 0.3) is 0 Å². The molecule has 0 amide bonds. The number of rotatable bonds is 2. The molecule has 1 saturated heterocycles.